The fourth-order valence-electron chi connectivity index (χ4n) is 4.13. The van der Waals surface area contributed by atoms with Crippen LogP contribution in [-0.2, 0) is 6.42 Å². The quantitative estimate of drug-likeness (QED) is 0.484. The van der Waals surface area contributed by atoms with Crippen LogP contribution >= 0.6 is 11.8 Å². The average Bonchev–Trinajstić information content (AvgIpc) is 3.01. The molecule has 0 bridgehead atoms. The molecule has 0 unspecified atom stereocenters. The van der Waals surface area contributed by atoms with Crippen molar-refractivity contribution in [2.24, 2.45) is 0 Å². The van der Waals surface area contributed by atoms with Gasteiger partial charge in [0.25, 0.3) is 0 Å². The van der Waals surface area contributed by atoms with Crippen molar-refractivity contribution >= 4 is 23.3 Å². The zero-order chi connectivity index (χ0) is 20.5. The Labute approximate surface area is 182 Å². The molecule has 0 spiro atoms. The number of hydrogen-bond acceptors (Lipinski definition) is 5. The maximum atomic E-state index is 4.66. The van der Waals surface area contributed by atoms with Gasteiger partial charge in [0, 0.05) is 47.4 Å². The van der Waals surface area contributed by atoms with Crippen LogP contribution in [-0.4, -0.2) is 48.1 Å². The Morgan fingerprint density at radius 2 is 1.70 bits per heavy atom. The molecule has 0 amide bonds. The summed E-state index contributed by atoms with van der Waals surface area (Å²) in [6, 6.07) is 15.3. The lowest BCUT2D eigenvalue weighted by atomic mass is 9.97. The van der Waals surface area contributed by atoms with Gasteiger partial charge in [0.1, 0.15) is 0 Å². The highest BCUT2D eigenvalue weighted by atomic mass is 32.2. The summed E-state index contributed by atoms with van der Waals surface area (Å²) in [5, 5.41) is 0. The van der Waals surface area contributed by atoms with Gasteiger partial charge in [-0.1, -0.05) is 42.6 Å². The molecule has 5 heteroatoms. The molecule has 2 aliphatic heterocycles. The van der Waals surface area contributed by atoms with Gasteiger partial charge >= 0.3 is 0 Å². The van der Waals surface area contributed by atoms with Crippen molar-refractivity contribution in [1.29, 1.82) is 0 Å². The van der Waals surface area contributed by atoms with Gasteiger partial charge in [-0.15, -0.1) is 0 Å². The molecular weight excluding hydrogens is 388 g/mol. The highest BCUT2D eigenvalue weighted by molar-refractivity contribution is 7.99. The zero-order valence-electron chi connectivity index (χ0n) is 17.3. The monoisotopic (exact) mass is 414 g/mol. The summed E-state index contributed by atoms with van der Waals surface area (Å²) in [7, 11) is 2.17. The molecule has 1 aromatic heterocycles. The summed E-state index contributed by atoms with van der Waals surface area (Å²) < 4.78 is 0. The van der Waals surface area contributed by atoms with Gasteiger partial charge in [-0.3, -0.25) is 0 Å². The first kappa shape index (κ1) is 19.3. The van der Waals surface area contributed by atoms with Crippen LogP contribution in [0, 0.1) is 0 Å². The maximum Gasteiger partial charge on any atom is 0.225 e. The van der Waals surface area contributed by atoms with Gasteiger partial charge < -0.3 is 9.80 Å². The normalized spacial score (nSPS) is 16.5. The van der Waals surface area contributed by atoms with Crippen LogP contribution in [0.3, 0.4) is 0 Å². The molecule has 152 valence electrons. The fraction of sp³-hybridized carbons (Fsp3) is 0.280. The van der Waals surface area contributed by atoms with Crippen molar-refractivity contribution < 1.29 is 0 Å². The van der Waals surface area contributed by atoms with E-state index >= 15 is 0 Å². The average molecular weight is 415 g/mol. The third-order valence-electron chi connectivity index (χ3n) is 5.97. The Kier molecular flexibility index (Phi) is 5.32. The number of rotatable bonds is 3. The smallest absolute Gasteiger partial charge is 0.225 e. The number of fused-ring (bicyclic) bond motifs is 2. The fourth-order valence-corrected chi connectivity index (χ4v) is 5.18. The Bertz CT molecular complexity index is 1080. The minimum atomic E-state index is 0.820. The van der Waals surface area contributed by atoms with Gasteiger partial charge in [-0.2, -0.15) is 0 Å². The molecule has 0 aliphatic carbocycles. The summed E-state index contributed by atoms with van der Waals surface area (Å²) in [4.78, 5) is 16.7. The van der Waals surface area contributed by atoms with Crippen molar-refractivity contribution in [2.45, 2.75) is 22.6 Å². The highest BCUT2D eigenvalue weighted by Crippen LogP contribution is 2.40. The van der Waals surface area contributed by atoms with Crippen molar-refractivity contribution in [2.75, 3.05) is 38.1 Å². The Morgan fingerprint density at radius 1 is 0.900 bits per heavy atom. The Balaban J connectivity index is 1.34. The minimum absolute atomic E-state index is 0.820. The number of likely N-dealkylation sites (N-methyl/N-ethyl adjacent to an activating group) is 1. The summed E-state index contributed by atoms with van der Waals surface area (Å²) in [5.41, 5.74) is 5.86. The van der Waals surface area contributed by atoms with Crippen LogP contribution in [0.4, 0.5) is 5.95 Å². The van der Waals surface area contributed by atoms with Crippen LogP contribution < -0.4 is 4.90 Å². The second kappa shape index (κ2) is 8.25. The molecule has 5 rings (SSSR count). The minimum Gasteiger partial charge on any atom is -0.339 e. The maximum absolute atomic E-state index is 4.66. The summed E-state index contributed by atoms with van der Waals surface area (Å²) in [6.45, 7) is 8.51. The van der Waals surface area contributed by atoms with E-state index < -0.39 is 0 Å². The first-order chi connectivity index (χ1) is 14.7. The molecule has 0 saturated carbocycles. The van der Waals surface area contributed by atoms with E-state index in [0.717, 1.165) is 61.7 Å². The number of nitrogens with zero attached hydrogens (tertiary/aromatic N) is 4. The van der Waals surface area contributed by atoms with Gasteiger partial charge in [0.2, 0.25) is 5.95 Å². The molecule has 3 heterocycles. The molecule has 3 aromatic rings. The van der Waals surface area contributed by atoms with E-state index in [-0.39, 0.29) is 0 Å². The molecule has 0 radical (unpaired) electrons. The van der Waals surface area contributed by atoms with E-state index in [2.05, 4.69) is 75.9 Å². The molecule has 4 nitrogen and oxygen atoms in total. The predicted octanol–water partition coefficient (Wildman–Crippen LogP) is 4.74. The van der Waals surface area contributed by atoms with Crippen LogP contribution in [0.5, 0.6) is 0 Å². The SMILES string of the molecule is C=C(c1cnc(N2CCCN(C)CC2)nc1)c1ccc2c(c1)Cc1ccccc1S2. The van der Waals surface area contributed by atoms with E-state index in [1.54, 1.807) is 0 Å². The van der Waals surface area contributed by atoms with Crippen molar-refractivity contribution in [3.8, 4) is 0 Å². The second-order valence-electron chi connectivity index (χ2n) is 8.10. The molecule has 30 heavy (non-hydrogen) atoms. The standard InChI is InChI=1S/C25H26N4S/c1-18(22-16-26-25(27-17-22)29-11-5-10-28(2)12-13-29)19-8-9-24-21(14-19)15-20-6-3-4-7-23(20)30-24/h3-4,6-9,14,16-17H,1,5,10-13,15H2,2H3. The lowest BCUT2D eigenvalue weighted by molar-refractivity contribution is 0.360. The van der Waals surface area contributed by atoms with Crippen molar-refractivity contribution in [3.63, 3.8) is 0 Å². The lowest BCUT2D eigenvalue weighted by Gasteiger charge is -2.21. The molecule has 0 atom stereocenters. The van der Waals surface area contributed by atoms with Crippen LogP contribution in [0.2, 0.25) is 0 Å². The van der Waals surface area contributed by atoms with Gasteiger partial charge in [0.15, 0.2) is 0 Å². The highest BCUT2D eigenvalue weighted by Gasteiger charge is 2.18. The summed E-state index contributed by atoms with van der Waals surface area (Å²) >= 11 is 1.86. The van der Waals surface area contributed by atoms with Crippen LogP contribution in [0.15, 0.2) is 71.2 Å². The van der Waals surface area contributed by atoms with Crippen molar-refractivity contribution in [3.05, 3.63) is 83.7 Å². The van der Waals surface area contributed by atoms with E-state index in [9.17, 15) is 0 Å². The van der Waals surface area contributed by atoms with E-state index in [0.29, 0.717) is 0 Å². The number of aromatic nitrogens is 2. The molecule has 1 fully saturated rings. The first-order valence-corrected chi connectivity index (χ1v) is 11.3. The number of hydrogen-bond donors (Lipinski definition) is 0. The van der Waals surface area contributed by atoms with Gasteiger partial charge in [-0.25, -0.2) is 9.97 Å². The van der Waals surface area contributed by atoms with Crippen LogP contribution in [0.1, 0.15) is 28.7 Å². The molecule has 0 N–H and O–H groups in total. The van der Waals surface area contributed by atoms with Gasteiger partial charge in [-0.05, 0) is 66.9 Å². The van der Waals surface area contributed by atoms with Crippen molar-refractivity contribution in [1.82, 2.24) is 14.9 Å². The molecule has 2 aromatic carbocycles. The molecular formula is C25H26N4S. The molecule has 1 saturated heterocycles. The summed E-state index contributed by atoms with van der Waals surface area (Å²) in [6.07, 6.45) is 5.95. The summed E-state index contributed by atoms with van der Waals surface area (Å²) in [5.74, 6) is 0.820. The third kappa shape index (κ3) is 3.87. The largest absolute Gasteiger partial charge is 0.339 e. The second-order valence-corrected chi connectivity index (χ2v) is 9.19. The van der Waals surface area contributed by atoms with E-state index in [4.69, 9.17) is 0 Å². The Morgan fingerprint density at radius 3 is 2.57 bits per heavy atom. The third-order valence-corrected chi connectivity index (χ3v) is 7.21. The van der Waals surface area contributed by atoms with E-state index in [1.165, 1.54) is 20.9 Å². The van der Waals surface area contributed by atoms with E-state index in [1.807, 2.05) is 24.2 Å². The first-order valence-electron chi connectivity index (χ1n) is 10.5. The topological polar surface area (TPSA) is 32.3 Å². The lowest BCUT2D eigenvalue weighted by Crippen LogP contribution is -2.30. The number of anilines is 1. The molecule has 2 aliphatic rings. The zero-order valence-corrected chi connectivity index (χ0v) is 18.2. The predicted molar refractivity (Wildman–Crippen MR) is 124 cm³/mol. The number of benzene rings is 2. The van der Waals surface area contributed by atoms with Crippen LogP contribution in [0.25, 0.3) is 5.57 Å². The Hall–Kier alpha value is -2.63. The van der Waals surface area contributed by atoms with Gasteiger partial charge in [0.05, 0.1) is 0 Å².